The van der Waals surface area contributed by atoms with Crippen molar-refractivity contribution in [2.45, 2.75) is 25.8 Å². The van der Waals surface area contributed by atoms with E-state index in [1.165, 1.54) is 38.3 Å². The molecule has 0 aliphatic heterocycles. The van der Waals surface area contributed by atoms with Crippen molar-refractivity contribution in [3.05, 3.63) is 53.8 Å². The van der Waals surface area contributed by atoms with Gasteiger partial charge in [0.2, 0.25) is 0 Å². The summed E-state index contributed by atoms with van der Waals surface area (Å²) in [5, 5.41) is 2.40. The van der Waals surface area contributed by atoms with Gasteiger partial charge in [0.15, 0.2) is 17.7 Å². The second-order valence-corrected chi connectivity index (χ2v) is 5.84. The number of nitrogens with one attached hydrogen (secondary N) is 1. The fourth-order valence-corrected chi connectivity index (χ4v) is 2.26. The zero-order chi connectivity index (χ0) is 21.6. The molecule has 0 spiro atoms. The fourth-order valence-electron chi connectivity index (χ4n) is 2.26. The third kappa shape index (κ3) is 6.98. The molecule has 0 bridgehead atoms. The molecule has 10 heteroatoms. The van der Waals surface area contributed by atoms with Crippen molar-refractivity contribution < 1.29 is 41.4 Å². The third-order valence-electron chi connectivity index (χ3n) is 3.60. The highest BCUT2D eigenvalue weighted by atomic mass is 19.4. The first kappa shape index (κ1) is 22.0. The van der Waals surface area contributed by atoms with E-state index < -0.39 is 35.9 Å². The van der Waals surface area contributed by atoms with Crippen molar-refractivity contribution in [2.24, 2.45) is 0 Å². The van der Waals surface area contributed by atoms with E-state index in [-0.39, 0.29) is 17.9 Å². The molecule has 0 unspecified atom stereocenters. The van der Waals surface area contributed by atoms with Crippen LogP contribution < -0.4 is 14.8 Å². The molecule has 1 N–H and O–H groups in total. The Bertz CT molecular complexity index is 868. The summed E-state index contributed by atoms with van der Waals surface area (Å²) in [6, 6.07) is 8.42. The smallest absolute Gasteiger partial charge is 0.494 e. The van der Waals surface area contributed by atoms with Crippen LogP contribution in [-0.4, -0.2) is 31.5 Å². The van der Waals surface area contributed by atoms with Gasteiger partial charge in [-0.3, -0.25) is 9.59 Å². The van der Waals surface area contributed by atoms with Gasteiger partial charge < -0.3 is 19.5 Å². The molecule has 1 atom stereocenters. The van der Waals surface area contributed by atoms with Crippen LogP contribution in [0.1, 0.15) is 12.5 Å². The molecule has 0 fully saturated rings. The van der Waals surface area contributed by atoms with Gasteiger partial charge in [-0.05, 0) is 48.9 Å². The molecule has 0 aromatic heterocycles. The summed E-state index contributed by atoms with van der Waals surface area (Å²) < 4.78 is 63.5. The molecule has 2 aromatic rings. The van der Waals surface area contributed by atoms with Gasteiger partial charge in [-0.25, -0.2) is 4.39 Å². The third-order valence-corrected chi connectivity index (χ3v) is 3.60. The number of rotatable bonds is 7. The molecular formula is C19H17F4NO5. The molecule has 0 aliphatic carbocycles. The van der Waals surface area contributed by atoms with Crippen LogP contribution in [0.25, 0.3) is 0 Å². The van der Waals surface area contributed by atoms with Crippen LogP contribution in [0, 0.1) is 5.82 Å². The first-order valence-electron chi connectivity index (χ1n) is 8.26. The predicted octanol–water partition coefficient (Wildman–Crippen LogP) is 3.85. The Labute approximate surface area is 163 Å². The number of anilines is 1. The summed E-state index contributed by atoms with van der Waals surface area (Å²) >= 11 is 0. The summed E-state index contributed by atoms with van der Waals surface area (Å²) in [4.78, 5) is 24.0. The van der Waals surface area contributed by atoms with E-state index in [1.807, 2.05) is 0 Å². The lowest BCUT2D eigenvalue weighted by Crippen LogP contribution is -2.30. The van der Waals surface area contributed by atoms with E-state index in [4.69, 9.17) is 9.47 Å². The van der Waals surface area contributed by atoms with Crippen LogP contribution in [0.15, 0.2) is 42.5 Å². The molecule has 1 amide bonds. The van der Waals surface area contributed by atoms with Crippen LogP contribution in [0.5, 0.6) is 11.5 Å². The van der Waals surface area contributed by atoms with Crippen LogP contribution in [0.3, 0.4) is 0 Å². The number of carbonyl (C=O) groups excluding carboxylic acids is 2. The standard InChI is InChI=1S/C19H17F4NO5/c1-11(28-17(25)10-12-3-8-16(27-2)15(20)9-12)18(26)24-13-4-6-14(7-5-13)29-19(21,22)23/h3-9,11H,10H2,1-2H3,(H,24,26)/t11-/m0/s1. The van der Waals surface area contributed by atoms with Gasteiger partial charge >= 0.3 is 12.3 Å². The number of hydrogen-bond acceptors (Lipinski definition) is 5. The molecule has 0 saturated carbocycles. The molecule has 2 rings (SSSR count). The van der Waals surface area contributed by atoms with Gasteiger partial charge in [0.25, 0.3) is 5.91 Å². The van der Waals surface area contributed by atoms with Crippen molar-refractivity contribution in [1.29, 1.82) is 0 Å². The maximum atomic E-state index is 13.6. The lowest BCUT2D eigenvalue weighted by Gasteiger charge is -2.14. The molecule has 29 heavy (non-hydrogen) atoms. The van der Waals surface area contributed by atoms with Crippen LogP contribution in [0.2, 0.25) is 0 Å². The Kier molecular flexibility index (Phi) is 7.03. The van der Waals surface area contributed by atoms with Crippen LogP contribution in [-0.2, 0) is 20.7 Å². The second kappa shape index (κ2) is 9.26. The zero-order valence-corrected chi connectivity index (χ0v) is 15.4. The molecule has 6 nitrogen and oxygen atoms in total. The van der Waals surface area contributed by atoms with Gasteiger partial charge in [0.05, 0.1) is 13.5 Å². The first-order chi connectivity index (χ1) is 13.6. The molecule has 0 aliphatic rings. The first-order valence-corrected chi connectivity index (χ1v) is 8.26. The minimum absolute atomic E-state index is 0.0292. The number of esters is 1. The molecule has 0 radical (unpaired) electrons. The normalized spacial score (nSPS) is 12.1. The van der Waals surface area contributed by atoms with E-state index in [9.17, 15) is 27.2 Å². The van der Waals surface area contributed by atoms with E-state index in [1.54, 1.807) is 0 Å². The van der Waals surface area contributed by atoms with E-state index >= 15 is 0 Å². The lowest BCUT2D eigenvalue weighted by molar-refractivity contribution is -0.274. The zero-order valence-electron chi connectivity index (χ0n) is 15.4. The van der Waals surface area contributed by atoms with Gasteiger partial charge in [-0.1, -0.05) is 6.07 Å². The van der Waals surface area contributed by atoms with Crippen LogP contribution >= 0.6 is 0 Å². The number of halogens is 4. The number of hydrogen-bond donors (Lipinski definition) is 1. The quantitative estimate of drug-likeness (QED) is 0.549. The van der Waals surface area contributed by atoms with E-state index in [0.717, 1.165) is 18.2 Å². The van der Waals surface area contributed by atoms with E-state index in [0.29, 0.717) is 5.56 Å². The number of benzene rings is 2. The molecule has 156 valence electrons. The second-order valence-electron chi connectivity index (χ2n) is 5.84. The van der Waals surface area contributed by atoms with Gasteiger partial charge in [-0.2, -0.15) is 0 Å². The summed E-state index contributed by atoms with van der Waals surface area (Å²) in [6.45, 7) is 1.32. The number of ether oxygens (including phenoxy) is 3. The summed E-state index contributed by atoms with van der Waals surface area (Å²) in [7, 11) is 1.31. The Morgan fingerprint density at radius 3 is 2.31 bits per heavy atom. The maximum absolute atomic E-state index is 13.6. The SMILES string of the molecule is COc1ccc(CC(=O)O[C@@H](C)C(=O)Nc2ccc(OC(F)(F)F)cc2)cc1F. The van der Waals surface area contributed by atoms with Crippen molar-refractivity contribution >= 4 is 17.6 Å². The Morgan fingerprint density at radius 2 is 1.76 bits per heavy atom. The fraction of sp³-hybridized carbons (Fsp3) is 0.263. The van der Waals surface area contributed by atoms with Crippen molar-refractivity contribution in [2.75, 3.05) is 12.4 Å². The number of amides is 1. The average Bonchev–Trinajstić information content (AvgIpc) is 2.62. The Hall–Kier alpha value is -3.30. The average molecular weight is 415 g/mol. The summed E-state index contributed by atoms with van der Waals surface area (Å²) in [5.41, 5.74) is 0.519. The number of methoxy groups -OCH3 is 1. The largest absolute Gasteiger partial charge is 0.573 e. The molecule has 0 saturated heterocycles. The van der Waals surface area contributed by atoms with Gasteiger partial charge in [-0.15, -0.1) is 13.2 Å². The van der Waals surface area contributed by atoms with Crippen LogP contribution in [0.4, 0.5) is 23.2 Å². The van der Waals surface area contributed by atoms with Gasteiger partial charge in [0.1, 0.15) is 5.75 Å². The highest BCUT2D eigenvalue weighted by Gasteiger charge is 2.31. The topological polar surface area (TPSA) is 73.9 Å². The lowest BCUT2D eigenvalue weighted by atomic mass is 10.1. The molecule has 2 aromatic carbocycles. The minimum atomic E-state index is -4.82. The highest BCUT2D eigenvalue weighted by Crippen LogP contribution is 2.24. The molecule has 0 heterocycles. The number of alkyl halides is 3. The maximum Gasteiger partial charge on any atom is 0.573 e. The Morgan fingerprint density at radius 1 is 1.10 bits per heavy atom. The monoisotopic (exact) mass is 415 g/mol. The summed E-state index contributed by atoms with van der Waals surface area (Å²) in [5.74, 6) is -2.50. The van der Waals surface area contributed by atoms with Gasteiger partial charge in [0, 0.05) is 5.69 Å². The van der Waals surface area contributed by atoms with Crippen molar-refractivity contribution in [1.82, 2.24) is 0 Å². The van der Waals surface area contributed by atoms with Crippen molar-refractivity contribution in [3.8, 4) is 11.5 Å². The van der Waals surface area contributed by atoms with Crippen molar-refractivity contribution in [3.63, 3.8) is 0 Å². The summed E-state index contributed by atoms with van der Waals surface area (Å²) in [6.07, 6.45) is -6.26. The Balaban J connectivity index is 1.88. The molecular weight excluding hydrogens is 398 g/mol. The predicted molar refractivity (Wildman–Crippen MR) is 94.0 cm³/mol. The van der Waals surface area contributed by atoms with E-state index in [2.05, 4.69) is 10.1 Å². The minimum Gasteiger partial charge on any atom is -0.494 e. The highest BCUT2D eigenvalue weighted by molar-refractivity contribution is 5.95. The number of carbonyl (C=O) groups is 2.